The predicted octanol–water partition coefficient (Wildman–Crippen LogP) is 4.09. The maximum Gasteiger partial charge on any atom is 0.131 e. The Labute approximate surface area is 136 Å². The lowest BCUT2D eigenvalue weighted by atomic mass is 9.87. The van der Waals surface area contributed by atoms with Gasteiger partial charge in [-0.3, -0.25) is 0 Å². The van der Waals surface area contributed by atoms with Crippen LogP contribution in [0, 0.1) is 11.6 Å². The van der Waals surface area contributed by atoms with Crippen molar-refractivity contribution in [3.8, 4) is 0 Å². The second-order valence-electron chi connectivity index (χ2n) is 6.76. The number of hydrogen-bond donors (Lipinski definition) is 2. The topological polar surface area (TPSA) is 32.3 Å². The SMILES string of the molecule is CC(C)(C)c1ccc(CNCC(O)c2ccc(F)cc2F)cc1. The number of aliphatic hydroxyl groups is 1. The Hall–Kier alpha value is -1.78. The van der Waals surface area contributed by atoms with Crippen molar-refractivity contribution in [1.82, 2.24) is 5.32 Å². The Bertz CT molecular complexity index is 647. The van der Waals surface area contributed by atoms with Gasteiger partial charge in [0.1, 0.15) is 11.6 Å². The first kappa shape index (κ1) is 17.6. The van der Waals surface area contributed by atoms with Crippen LogP contribution in [0.15, 0.2) is 42.5 Å². The van der Waals surface area contributed by atoms with Crippen molar-refractivity contribution in [3.63, 3.8) is 0 Å². The van der Waals surface area contributed by atoms with Gasteiger partial charge in [-0.15, -0.1) is 0 Å². The van der Waals surface area contributed by atoms with E-state index in [1.54, 1.807) is 0 Å². The third-order valence-electron chi connectivity index (χ3n) is 3.81. The largest absolute Gasteiger partial charge is 0.387 e. The third-order valence-corrected chi connectivity index (χ3v) is 3.81. The lowest BCUT2D eigenvalue weighted by Crippen LogP contribution is -2.22. The lowest BCUT2D eigenvalue weighted by Gasteiger charge is -2.19. The highest BCUT2D eigenvalue weighted by Crippen LogP contribution is 2.22. The summed E-state index contributed by atoms with van der Waals surface area (Å²) in [7, 11) is 0. The summed E-state index contributed by atoms with van der Waals surface area (Å²) < 4.78 is 26.4. The average Bonchev–Trinajstić information content (AvgIpc) is 2.46. The van der Waals surface area contributed by atoms with Crippen LogP contribution in [0.1, 0.15) is 43.6 Å². The number of nitrogens with one attached hydrogen (secondary N) is 1. The van der Waals surface area contributed by atoms with Crippen LogP contribution in [0.5, 0.6) is 0 Å². The molecule has 0 fully saturated rings. The first-order valence-corrected chi connectivity index (χ1v) is 7.70. The molecule has 2 aromatic carbocycles. The van der Waals surface area contributed by atoms with Crippen LogP contribution in [-0.2, 0) is 12.0 Å². The summed E-state index contributed by atoms with van der Waals surface area (Å²) in [5.41, 5.74) is 2.56. The number of rotatable bonds is 5. The Morgan fingerprint density at radius 3 is 2.26 bits per heavy atom. The van der Waals surface area contributed by atoms with Crippen LogP contribution in [0.3, 0.4) is 0 Å². The van der Waals surface area contributed by atoms with Gasteiger partial charge in [0.05, 0.1) is 6.10 Å². The Balaban J connectivity index is 1.89. The molecule has 0 spiro atoms. The van der Waals surface area contributed by atoms with E-state index in [0.29, 0.717) is 6.54 Å². The molecule has 0 heterocycles. The highest BCUT2D eigenvalue weighted by atomic mass is 19.1. The molecule has 2 N–H and O–H groups in total. The normalized spacial score (nSPS) is 13.1. The molecule has 0 saturated carbocycles. The zero-order chi connectivity index (χ0) is 17.0. The molecular formula is C19H23F2NO. The molecule has 1 unspecified atom stereocenters. The second-order valence-corrected chi connectivity index (χ2v) is 6.76. The van der Waals surface area contributed by atoms with Crippen LogP contribution < -0.4 is 5.32 Å². The van der Waals surface area contributed by atoms with Gasteiger partial charge in [-0.25, -0.2) is 8.78 Å². The van der Waals surface area contributed by atoms with Crippen molar-refractivity contribution < 1.29 is 13.9 Å². The summed E-state index contributed by atoms with van der Waals surface area (Å²) in [6.45, 7) is 7.25. The maximum absolute atomic E-state index is 13.6. The Kier molecular flexibility index (Phi) is 5.50. The van der Waals surface area contributed by atoms with Crippen molar-refractivity contribution in [2.45, 2.75) is 38.8 Å². The summed E-state index contributed by atoms with van der Waals surface area (Å²) in [6.07, 6.45) is -1.01. The summed E-state index contributed by atoms with van der Waals surface area (Å²) in [4.78, 5) is 0. The first-order chi connectivity index (χ1) is 10.8. The molecule has 2 nitrogen and oxygen atoms in total. The van der Waals surface area contributed by atoms with Gasteiger partial charge in [0.25, 0.3) is 0 Å². The molecule has 0 aliphatic rings. The Morgan fingerprint density at radius 1 is 1.04 bits per heavy atom. The molecule has 0 aliphatic carbocycles. The minimum atomic E-state index is -1.01. The predicted molar refractivity (Wildman–Crippen MR) is 88.2 cm³/mol. The highest BCUT2D eigenvalue weighted by molar-refractivity contribution is 5.27. The molecule has 2 aromatic rings. The molecule has 2 rings (SSSR count). The summed E-state index contributed by atoms with van der Waals surface area (Å²) in [5.74, 6) is -1.38. The molecule has 0 amide bonds. The van der Waals surface area contributed by atoms with E-state index in [9.17, 15) is 13.9 Å². The zero-order valence-electron chi connectivity index (χ0n) is 13.7. The van der Waals surface area contributed by atoms with Crippen molar-refractivity contribution >= 4 is 0 Å². The average molecular weight is 319 g/mol. The van der Waals surface area contributed by atoms with Crippen molar-refractivity contribution in [2.24, 2.45) is 0 Å². The molecule has 0 bridgehead atoms. The number of aliphatic hydroxyl groups excluding tert-OH is 1. The van der Waals surface area contributed by atoms with Gasteiger partial charge in [0, 0.05) is 24.7 Å². The van der Waals surface area contributed by atoms with Crippen LogP contribution >= 0.6 is 0 Å². The lowest BCUT2D eigenvalue weighted by molar-refractivity contribution is 0.169. The van der Waals surface area contributed by atoms with E-state index in [1.165, 1.54) is 11.6 Å². The molecule has 0 aliphatic heterocycles. The van der Waals surface area contributed by atoms with Crippen molar-refractivity contribution in [3.05, 3.63) is 70.8 Å². The molecule has 23 heavy (non-hydrogen) atoms. The van der Waals surface area contributed by atoms with E-state index >= 15 is 0 Å². The van der Waals surface area contributed by atoms with Gasteiger partial charge in [0.2, 0.25) is 0 Å². The van der Waals surface area contributed by atoms with Gasteiger partial charge in [0.15, 0.2) is 0 Å². The molecule has 4 heteroatoms. The van der Waals surface area contributed by atoms with Crippen LogP contribution in [0.4, 0.5) is 8.78 Å². The second kappa shape index (κ2) is 7.20. The van der Waals surface area contributed by atoms with Gasteiger partial charge in [-0.1, -0.05) is 51.1 Å². The van der Waals surface area contributed by atoms with E-state index in [4.69, 9.17) is 0 Å². The number of halogens is 2. The van der Waals surface area contributed by atoms with Gasteiger partial charge in [-0.05, 0) is 22.6 Å². The standard InChI is InChI=1S/C19H23F2NO/c1-19(2,3)14-6-4-13(5-7-14)11-22-12-18(23)16-9-8-15(20)10-17(16)21/h4-10,18,22-23H,11-12H2,1-3H3. The quantitative estimate of drug-likeness (QED) is 0.870. The van der Waals surface area contributed by atoms with Crippen LogP contribution in [0.2, 0.25) is 0 Å². The molecule has 0 radical (unpaired) electrons. The van der Waals surface area contributed by atoms with E-state index < -0.39 is 17.7 Å². The summed E-state index contributed by atoms with van der Waals surface area (Å²) >= 11 is 0. The Morgan fingerprint density at radius 2 is 1.70 bits per heavy atom. The van der Waals surface area contributed by atoms with Gasteiger partial charge < -0.3 is 10.4 Å². The number of hydrogen-bond acceptors (Lipinski definition) is 2. The maximum atomic E-state index is 13.6. The van der Waals surface area contributed by atoms with Crippen molar-refractivity contribution in [1.29, 1.82) is 0 Å². The summed E-state index contributed by atoms with van der Waals surface area (Å²) in [5, 5.41) is 13.1. The highest BCUT2D eigenvalue weighted by Gasteiger charge is 2.14. The minimum absolute atomic E-state index is 0.0991. The molecule has 0 aromatic heterocycles. The molecule has 0 saturated heterocycles. The third kappa shape index (κ3) is 4.85. The fourth-order valence-corrected chi connectivity index (χ4v) is 2.36. The van der Waals surface area contributed by atoms with E-state index in [0.717, 1.165) is 17.7 Å². The minimum Gasteiger partial charge on any atom is -0.387 e. The molecule has 124 valence electrons. The van der Waals surface area contributed by atoms with E-state index in [1.807, 2.05) is 12.1 Å². The smallest absolute Gasteiger partial charge is 0.131 e. The fraction of sp³-hybridized carbons (Fsp3) is 0.368. The zero-order valence-corrected chi connectivity index (χ0v) is 13.7. The fourth-order valence-electron chi connectivity index (χ4n) is 2.36. The number of benzene rings is 2. The van der Waals surface area contributed by atoms with Crippen LogP contribution in [-0.4, -0.2) is 11.7 Å². The van der Waals surface area contributed by atoms with Gasteiger partial charge in [-0.2, -0.15) is 0 Å². The summed E-state index contributed by atoms with van der Waals surface area (Å²) in [6, 6.07) is 11.5. The first-order valence-electron chi connectivity index (χ1n) is 7.70. The molecular weight excluding hydrogens is 296 g/mol. The van der Waals surface area contributed by atoms with Gasteiger partial charge >= 0.3 is 0 Å². The van der Waals surface area contributed by atoms with E-state index in [2.05, 4.69) is 38.2 Å². The molecule has 1 atom stereocenters. The van der Waals surface area contributed by atoms with Crippen molar-refractivity contribution in [2.75, 3.05) is 6.54 Å². The van der Waals surface area contributed by atoms with Crippen LogP contribution in [0.25, 0.3) is 0 Å². The van der Waals surface area contributed by atoms with E-state index in [-0.39, 0.29) is 17.5 Å². The monoisotopic (exact) mass is 319 g/mol.